The van der Waals surface area contributed by atoms with Gasteiger partial charge in [-0.25, -0.2) is 9.97 Å². The number of carbonyl (C=O) groups is 1. The van der Waals surface area contributed by atoms with Gasteiger partial charge in [0.05, 0.1) is 19.0 Å². The van der Waals surface area contributed by atoms with Crippen molar-refractivity contribution in [2.75, 3.05) is 6.61 Å². The van der Waals surface area contributed by atoms with Crippen molar-refractivity contribution >= 4 is 18.4 Å². The van der Waals surface area contributed by atoms with E-state index in [4.69, 9.17) is 14.5 Å². The summed E-state index contributed by atoms with van der Waals surface area (Å²) in [5, 5.41) is 18.9. The Morgan fingerprint density at radius 1 is 1.40 bits per heavy atom. The average molecular weight is 342 g/mol. The molecular formula is C17H19BN2O5. The third-order valence-electron chi connectivity index (χ3n) is 4.17. The molecule has 1 atom stereocenters. The van der Waals surface area contributed by atoms with E-state index in [1.54, 1.807) is 13.0 Å². The Bertz CT molecular complexity index is 781. The number of benzene rings is 1. The minimum absolute atomic E-state index is 0.0481. The summed E-state index contributed by atoms with van der Waals surface area (Å²) in [5.74, 6) is 0.510. The number of hydrogen-bond acceptors (Lipinski definition) is 7. The van der Waals surface area contributed by atoms with Gasteiger partial charge in [-0.1, -0.05) is 13.0 Å². The van der Waals surface area contributed by atoms with Gasteiger partial charge < -0.3 is 19.5 Å². The Balaban J connectivity index is 1.74. The molecular weight excluding hydrogens is 323 g/mol. The van der Waals surface area contributed by atoms with E-state index in [0.29, 0.717) is 12.4 Å². The van der Waals surface area contributed by atoms with Crippen LogP contribution in [0.4, 0.5) is 0 Å². The van der Waals surface area contributed by atoms with Gasteiger partial charge in [-0.15, -0.1) is 0 Å². The lowest BCUT2D eigenvalue weighted by Crippen LogP contribution is -2.30. The Kier molecular flexibility index (Phi) is 5.12. The monoisotopic (exact) mass is 342 g/mol. The molecule has 1 aromatic heterocycles. The van der Waals surface area contributed by atoms with Crippen LogP contribution >= 0.6 is 0 Å². The molecule has 0 amide bonds. The summed E-state index contributed by atoms with van der Waals surface area (Å²) in [5.41, 5.74) is 2.67. The fourth-order valence-corrected chi connectivity index (χ4v) is 2.71. The van der Waals surface area contributed by atoms with E-state index in [9.17, 15) is 9.82 Å². The van der Waals surface area contributed by atoms with Crippen molar-refractivity contribution in [3.8, 4) is 11.6 Å². The number of aromatic nitrogens is 2. The Morgan fingerprint density at radius 3 is 2.88 bits per heavy atom. The van der Waals surface area contributed by atoms with E-state index in [2.05, 4.69) is 9.97 Å². The summed E-state index contributed by atoms with van der Waals surface area (Å²) in [4.78, 5) is 20.2. The maximum atomic E-state index is 12.0. The zero-order chi connectivity index (χ0) is 18.0. The fourth-order valence-electron chi connectivity index (χ4n) is 2.71. The van der Waals surface area contributed by atoms with E-state index in [1.165, 1.54) is 12.4 Å². The number of aliphatic hydroxyl groups is 1. The van der Waals surface area contributed by atoms with Crippen molar-refractivity contribution < 1.29 is 24.3 Å². The standard InChI is InChI=1S/C17H19BN2O5/c1-10(8-21)5-14(22)13-6-20-16(7-19-13)25-15-4-3-12-9-24-18(23)17(12)11(15)2/h3-4,6-7,10,21,23H,5,8-9H2,1-2H3/t10-/m1/s1. The van der Waals surface area contributed by atoms with E-state index >= 15 is 0 Å². The molecule has 2 heterocycles. The second-order valence-corrected chi connectivity index (χ2v) is 6.18. The van der Waals surface area contributed by atoms with Gasteiger partial charge in [-0.3, -0.25) is 4.79 Å². The first-order valence-corrected chi connectivity index (χ1v) is 8.05. The number of rotatable bonds is 6. The molecule has 0 saturated carbocycles. The van der Waals surface area contributed by atoms with Crippen LogP contribution in [-0.4, -0.2) is 39.6 Å². The minimum Gasteiger partial charge on any atom is -0.437 e. The minimum atomic E-state index is -0.946. The first kappa shape index (κ1) is 17.5. The molecule has 0 aliphatic carbocycles. The number of nitrogens with zero attached hydrogens (tertiary/aromatic N) is 2. The summed E-state index contributed by atoms with van der Waals surface area (Å²) in [7, 11) is -0.946. The van der Waals surface area contributed by atoms with Gasteiger partial charge >= 0.3 is 7.12 Å². The topological polar surface area (TPSA) is 102 Å². The third-order valence-corrected chi connectivity index (χ3v) is 4.17. The highest BCUT2D eigenvalue weighted by Crippen LogP contribution is 2.25. The molecule has 0 fully saturated rings. The molecule has 2 N–H and O–H groups in total. The number of fused-ring (bicyclic) bond motifs is 1. The van der Waals surface area contributed by atoms with Crippen molar-refractivity contribution in [2.24, 2.45) is 5.92 Å². The van der Waals surface area contributed by atoms with Crippen molar-refractivity contribution in [3.05, 3.63) is 41.3 Å². The van der Waals surface area contributed by atoms with Crippen LogP contribution in [-0.2, 0) is 11.3 Å². The maximum Gasteiger partial charge on any atom is 0.492 e. The number of carbonyl (C=O) groups excluding carboxylic acids is 1. The lowest BCUT2D eigenvalue weighted by molar-refractivity contribution is 0.0938. The largest absolute Gasteiger partial charge is 0.492 e. The first-order chi connectivity index (χ1) is 12.0. The smallest absolute Gasteiger partial charge is 0.437 e. The molecule has 3 rings (SSSR count). The summed E-state index contributed by atoms with van der Waals surface area (Å²) in [6, 6.07) is 3.63. The third kappa shape index (κ3) is 3.71. The Morgan fingerprint density at radius 2 is 2.20 bits per heavy atom. The fraction of sp³-hybridized carbons (Fsp3) is 0.353. The molecule has 2 aromatic rings. The molecule has 7 nitrogen and oxygen atoms in total. The summed E-state index contributed by atoms with van der Waals surface area (Å²) >= 11 is 0. The van der Waals surface area contributed by atoms with E-state index in [1.807, 2.05) is 13.0 Å². The zero-order valence-electron chi connectivity index (χ0n) is 14.1. The lowest BCUT2D eigenvalue weighted by Gasteiger charge is -2.11. The first-order valence-electron chi connectivity index (χ1n) is 8.05. The predicted octanol–water partition coefficient (Wildman–Crippen LogP) is 0.996. The molecule has 0 saturated heterocycles. The van der Waals surface area contributed by atoms with Crippen molar-refractivity contribution in [3.63, 3.8) is 0 Å². The summed E-state index contributed by atoms with van der Waals surface area (Å²) in [6.07, 6.45) is 2.96. The van der Waals surface area contributed by atoms with Gasteiger partial charge in [0.25, 0.3) is 0 Å². The Labute approximate surface area is 145 Å². The molecule has 1 aromatic carbocycles. The second-order valence-electron chi connectivity index (χ2n) is 6.18. The normalized spacial score (nSPS) is 14.3. The molecule has 1 aliphatic heterocycles. The van der Waals surface area contributed by atoms with Crippen LogP contribution in [0.5, 0.6) is 11.6 Å². The average Bonchev–Trinajstić information content (AvgIpc) is 2.99. The van der Waals surface area contributed by atoms with Gasteiger partial charge in [0.2, 0.25) is 5.88 Å². The lowest BCUT2D eigenvalue weighted by atomic mass is 9.76. The maximum absolute atomic E-state index is 12.0. The number of hydrogen-bond donors (Lipinski definition) is 2. The van der Waals surface area contributed by atoms with E-state index in [0.717, 1.165) is 16.6 Å². The molecule has 0 spiro atoms. The van der Waals surface area contributed by atoms with Crippen LogP contribution < -0.4 is 10.2 Å². The van der Waals surface area contributed by atoms with Gasteiger partial charge in [0.1, 0.15) is 11.4 Å². The SMILES string of the molecule is Cc1c(Oc2cnc(C(=O)C[C@@H](C)CO)cn2)ccc2c1B(O)OC2. The van der Waals surface area contributed by atoms with Gasteiger partial charge in [-0.2, -0.15) is 0 Å². The van der Waals surface area contributed by atoms with Crippen LogP contribution in [0.3, 0.4) is 0 Å². The predicted molar refractivity (Wildman–Crippen MR) is 90.9 cm³/mol. The molecule has 25 heavy (non-hydrogen) atoms. The van der Waals surface area contributed by atoms with Gasteiger partial charge in [0.15, 0.2) is 5.78 Å². The molecule has 0 radical (unpaired) electrons. The molecule has 1 aliphatic rings. The second kappa shape index (κ2) is 7.31. The number of aliphatic hydroxyl groups excluding tert-OH is 1. The van der Waals surface area contributed by atoms with Crippen LogP contribution in [0.1, 0.15) is 35.0 Å². The highest BCUT2D eigenvalue weighted by Gasteiger charge is 2.30. The van der Waals surface area contributed by atoms with Crippen molar-refractivity contribution in [2.45, 2.75) is 26.9 Å². The van der Waals surface area contributed by atoms with Gasteiger partial charge in [0, 0.05) is 13.0 Å². The molecule has 8 heteroatoms. The van der Waals surface area contributed by atoms with Gasteiger partial charge in [-0.05, 0) is 35.5 Å². The number of Topliss-reactive ketones (excluding diaryl/α,β-unsaturated/α-hetero) is 1. The van der Waals surface area contributed by atoms with Crippen molar-refractivity contribution in [1.29, 1.82) is 0 Å². The highest BCUT2D eigenvalue weighted by atomic mass is 16.5. The Hall–Kier alpha value is -2.29. The van der Waals surface area contributed by atoms with Crippen LogP contribution in [0.2, 0.25) is 0 Å². The molecule has 0 bridgehead atoms. The quantitative estimate of drug-likeness (QED) is 0.596. The summed E-state index contributed by atoms with van der Waals surface area (Å²) < 4.78 is 10.9. The highest BCUT2D eigenvalue weighted by molar-refractivity contribution is 6.62. The zero-order valence-corrected chi connectivity index (χ0v) is 14.1. The van der Waals surface area contributed by atoms with Crippen molar-refractivity contribution in [1.82, 2.24) is 9.97 Å². The van der Waals surface area contributed by atoms with Crippen LogP contribution in [0.25, 0.3) is 0 Å². The van der Waals surface area contributed by atoms with Crippen LogP contribution in [0, 0.1) is 12.8 Å². The molecule has 0 unspecified atom stereocenters. The summed E-state index contributed by atoms with van der Waals surface area (Å²) in [6.45, 7) is 3.96. The number of ketones is 1. The van der Waals surface area contributed by atoms with E-state index < -0.39 is 7.12 Å². The number of ether oxygens (including phenoxy) is 1. The molecule has 130 valence electrons. The van der Waals surface area contributed by atoms with Crippen LogP contribution in [0.15, 0.2) is 24.5 Å². The van der Waals surface area contributed by atoms with E-state index in [-0.39, 0.29) is 36.3 Å².